The van der Waals surface area contributed by atoms with Crippen LogP contribution in [0.15, 0.2) is 182 Å². The second-order valence-corrected chi connectivity index (χ2v) is 13.7. The van der Waals surface area contributed by atoms with Gasteiger partial charge in [0, 0.05) is 0 Å². The van der Waals surface area contributed by atoms with Crippen LogP contribution in [0.3, 0.4) is 0 Å². The molecule has 0 aliphatic carbocycles. The van der Waals surface area contributed by atoms with E-state index in [0.717, 1.165) is 0 Å². The Morgan fingerprint density at radius 1 is 0.180 bits per heavy atom. The van der Waals surface area contributed by atoms with Crippen LogP contribution in [-0.4, -0.2) is 0 Å². The van der Waals surface area contributed by atoms with Gasteiger partial charge in [0.2, 0.25) is 0 Å². The molecule has 11 rings (SSSR count). The summed E-state index contributed by atoms with van der Waals surface area (Å²) in [6.45, 7) is 0. The van der Waals surface area contributed by atoms with Crippen molar-refractivity contribution in [3.8, 4) is 22.3 Å². The molecule has 11 aromatic carbocycles. The van der Waals surface area contributed by atoms with E-state index in [1.807, 2.05) is 0 Å². The van der Waals surface area contributed by atoms with Gasteiger partial charge in [-0.15, -0.1) is 0 Å². The zero-order chi connectivity index (χ0) is 32.8. The summed E-state index contributed by atoms with van der Waals surface area (Å²) in [5, 5.41) is 20.7. The Morgan fingerprint density at radius 2 is 0.460 bits per heavy atom. The highest BCUT2D eigenvalue weighted by Crippen LogP contribution is 2.38. The third kappa shape index (κ3) is 4.12. The third-order valence-corrected chi connectivity index (χ3v) is 11.0. The van der Waals surface area contributed by atoms with Crippen LogP contribution in [0.4, 0.5) is 0 Å². The average Bonchev–Trinajstić information content (AvgIpc) is 3.19. The SMILES string of the molecule is c1ccc2c(c1)ccc1ccc3cc(-c4ccc5c(ccc6cc(-c7ccc8c(ccc9ccc%10ccccc%10c98)c7)ccc65)c4)ccc3c12. The van der Waals surface area contributed by atoms with E-state index in [1.54, 1.807) is 0 Å². The Balaban J connectivity index is 0.978. The maximum Gasteiger partial charge on any atom is -0.00268 e. The number of benzene rings is 11. The first-order chi connectivity index (χ1) is 24.7. The maximum atomic E-state index is 2.35. The Hall–Kier alpha value is -6.50. The van der Waals surface area contributed by atoms with Gasteiger partial charge in [-0.2, -0.15) is 0 Å². The summed E-state index contributed by atoms with van der Waals surface area (Å²) in [4.78, 5) is 0. The van der Waals surface area contributed by atoms with E-state index < -0.39 is 0 Å². The van der Waals surface area contributed by atoms with E-state index in [9.17, 15) is 0 Å². The molecule has 0 amide bonds. The number of hydrogen-bond donors (Lipinski definition) is 0. The van der Waals surface area contributed by atoms with Gasteiger partial charge in [-0.05, 0) is 133 Å². The number of hydrogen-bond acceptors (Lipinski definition) is 0. The highest BCUT2D eigenvalue weighted by molar-refractivity contribution is 6.22. The highest BCUT2D eigenvalue weighted by Gasteiger charge is 2.11. The molecule has 230 valence electrons. The molecule has 0 saturated heterocycles. The van der Waals surface area contributed by atoms with Crippen LogP contribution in [0.1, 0.15) is 0 Å². The average molecular weight is 631 g/mol. The summed E-state index contributed by atoms with van der Waals surface area (Å²) in [5.41, 5.74) is 4.97. The van der Waals surface area contributed by atoms with E-state index in [2.05, 4.69) is 182 Å². The highest BCUT2D eigenvalue weighted by atomic mass is 14.1. The molecule has 50 heavy (non-hydrogen) atoms. The molecule has 0 aliphatic rings. The fraction of sp³-hybridized carbons (Fsp3) is 0. The molecule has 0 heterocycles. The van der Waals surface area contributed by atoms with Crippen LogP contribution in [0.5, 0.6) is 0 Å². The van der Waals surface area contributed by atoms with Crippen molar-refractivity contribution in [2.75, 3.05) is 0 Å². The lowest BCUT2D eigenvalue weighted by atomic mass is 9.92. The molecule has 0 atom stereocenters. The predicted molar refractivity (Wildman–Crippen MR) is 217 cm³/mol. The second kappa shape index (κ2) is 10.5. The topological polar surface area (TPSA) is 0 Å². The van der Waals surface area contributed by atoms with Crippen LogP contribution in [0.2, 0.25) is 0 Å². The molecule has 0 aromatic heterocycles. The molecule has 0 nitrogen and oxygen atoms in total. The van der Waals surface area contributed by atoms with Gasteiger partial charge >= 0.3 is 0 Å². The number of fused-ring (bicyclic) bond motifs is 13. The van der Waals surface area contributed by atoms with Crippen molar-refractivity contribution < 1.29 is 0 Å². The van der Waals surface area contributed by atoms with Crippen LogP contribution < -0.4 is 0 Å². The molecule has 0 unspecified atom stereocenters. The van der Waals surface area contributed by atoms with Crippen molar-refractivity contribution in [3.05, 3.63) is 182 Å². The summed E-state index contributed by atoms with van der Waals surface area (Å²) in [5.74, 6) is 0. The van der Waals surface area contributed by atoms with E-state index >= 15 is 0 Å². The maximum absolute atomic E-state index is 2.35. The van der Waals surface area contributed by atoms with E-state index in [-0.39, 0.29) is 0 Å². The Morgan fingerprint density at radius 3 is 0.860 bits per heavy atom. The van der Waals surface area contributed by atoms with E-state index in [0.29, 0.717) is 0 Å². The fourth-order valence-electron chi connectivity index (χ4n) is 8.46. The van der Waals surface area contributed by atoms with Gasteiger partial charge in [0.25, 0.3) is 0 Å². The largest absolute Gasteiger partial charge is 0.0616 e. The molecule has 11 aromatic rings. The molecular weight excluding hydrogens is 601 g/mol. The van der Waals surface area contributed by atoms with Gasteiger partial charge in [0.15, 0.2) is 0 Å². The van der Waals surface area contributed by atoms with Gasteiger partial charge in [-0.1, -0.05) is 158 Å². The Kier molecular flexibility index (Phi) is 5.76. The standard InChI is InChI=1S/C50H30/c1-3-7-45-31(5-1)9-11-33-13-15-41-29-37(21-25-47(41)49(33)45)35-19-23-43-39(27-35)17-18-40-28-36(20-24-44(40)43)38-22-26-48-42(30-38)16-14-34-12-10-32-6-2-4-8-46(32)50(34)48/h1-30H. The molecule has 0 saturated carbocycles. The zero-order valence-corrected chi connectivity index (χ0v) is 27.3. The van der Waals surface area contributed by atoms with Gasteiger partial charge in [-0.25, -0.2) is 0 Å². The van der Waals surface area contributed by atoms with Crippen LogP contribution in [-0.2, 0) is 0 Å². The van der Waals surface area contributed by atoms with Gasteiger partial charge in [0.1, 0.15) is 0 Å². The first-order valence-corrected chi connectivity index (χ1v) is 17.4. The van der Waals surface area contributed by atoms with Crippen molar-refractivity contribution in [1.29, 1.82) is 0 Å². The first-order valence-electron chi connectivity index (χ1n) is 17.4. The third-order valence-electron chi connectivity index (χ3n) is 11.0. The summed E-state index contributed by atoms with van der Waals surface area (Å²) in [6.07, 6.45) is 0. The van der Waals surface area contributed by atoms with Crippen molar-refractivity contribution in [2.24, 2.45) is 0 Å². The molecule has 0 aliphatic heterocycles. The summed E-state index contributed by atoms with van der Waals surface area (Å²) >= 11 is 0. The fourth-order valence-corrected chi connectivity index (χ4v) is 8.46. The van der Waals surface area contributed by atoms with Gasteiger partial charge in [0.05, 0.1) is 0 Å². The quantitative estimate of drug-likeness (QED) is 0.167. The molecule has 0 fully saturated rings. The van der Waals surface area contributed by atoms with Crippen molar-refractivity contribution in [1.82, 2.24) is 0 Å². The summed E-state index contributed by atoms with van der Waals surface area (Å²) in [7, 11) is 0. The molecule has 0 bridgehead atoms. The van der Waals surface area contributed by atoms with E-state index in [4.69, 9.17) is 0 Å². The minimum Gasteiger partial charge on any atom is -0.0616 e. The molecule has 0 heteroatoms. The lowest BCUT2D eigenvalue weighted by Crippen LogP contribution is -1.85. The molecule has 0 spiro atoms. The molecular formula is C50H30. The van der Waals surface area contributed by atoms with Gasteiger partial charge in [-0.3, -0.25) is 0 Å². The lowest BCUT2D eigenvalue weighted by Gasteiger charge is -2.12. The minimum atomic E-state index is 1.24. The summed E-state index contributed by atoms with van der Waals surface area (Å²) in [6, 6.07) is 67.7. The zero-order valence-electron chi connectivity index (χ0n) is 27.3. The monoisotopic (exact) mass is 630 g/mol. The predicted octanol–water partition coefficient (Wildman–Crippen LogP) is 14.2. The van der Waals surface area contributed by atoms with Crippen molar-refractivity contribution in [2.45, 2.75) is 0 Å². The Bertz CT molecular complexity index is 2980. The summed E-state index contributed by atoms with van der Waals surface area (Å²) < 4.78 is 0. The van der Waals surface area contributed by atoms with Gasteiger partial charge < -0.3 is 0 Å². The normalized spacial score (nSPS) is 12.0. The first kappa shape index (κ1) is 27.5. The van der Waals surface area contributed by atoms with E-state index in [1.165, 1.54) is 108 Å². The van der Waals surface area contributed by atoms with Crippen LogP contribution in [0, 0.1) is 0 Å². The molecule has 0 radical (unpaired) electrons. The van der Waals surface area contributed by atoms with Crippen LogP contribution in [0.25, 0.3) is 108 Å². The van der Waals surface area contributed by atoms with Crippen LogP contribution >= 0.6 is 0 Å². The van der Waals surface area contributed by atoms with Crippen molar-refractivity contribution in [3.63, 3.8) is 0 Å². The lowest BCUT2D eigenvalue weighted by molar-refractivity contribution is 1.68. The number of rotatable bonds is 2. The molecule has 0 N–H and O–H groups in total. The second-order valence-electron chi connectivity index (χ2n) is 13.7. The Labute approximate surface area is 289 Å². The van der Waals surface area contributed by atoms with Crippen molar-refractivity contribution >= 4 is 86.2 Å². The smallest absolute Gasteiger partial charge is 0.00268 e. The minimum absolute atomic E-state index is 1.24.